The van der Waals surface area contributed by atoms with Gasteiger partial charge in [-0.25, -0.2) is 4.98 Å². The highest BCUT2D eigenvalue weighted by Gasteiger charge is 2.34. The number of hydrogen-bond acceptors (Lipinski definition) is 3. The first kappa shape index (κ1) is 17.8. The third kappa shape index (κ3) is 3.49. The second kappa shape index (κ2) is 6.85. The van der Waals surface area contributed by atoms with Gasteiger partial charge in [0, 0.05) is 42.8 Å². The van der Waals surface area contributed by atoms with Crippen molar-refractivity contribution >= 4 is 16.6 Å². The van der Waals surface area contributed by atoms with Crippen LogP contribution in [0.2, 0.25) is 0 Å². The lowest BCUT2D eigenvalue weighted by Crippen LogP contribution is -2.44. The highest BCUT2D eigenvalue weighted by molar-refractivity contribution is 5.96. The molecule has 1 aromatic heterocycles. The molecule has 3 nitrogen and oxygen atoms in total. The topological polar surface area (TPSA) is 19.4 Å². The molecule has 0 amide bonds. The van der Waals surface area contributed by atoms with Crippen molar-refractivity contribution in [3.63, 3.8) is 0 Å². The van der Waals surface area contributed by atoms with Gasteiger partial charge in [-0.05, 0) is 19.2 Å². The minimum atomic E-state index is -4.44. The molecular formula is C21H20F3N3. The van der Waals surface area contributed by atoms with Gasteiger partial charge in [-0.3, -0.25) is 0 Å². The second-order valence-electron chi connectivity index (χ2n) is 6.88. The van der Waals surface area contributed by atoms with Crippen molar-refractivity contribution < 1.29 is 13.2 Å². The van der Waals surface area contributed by atoms with Crippen molar-refractivity contribution in [2.45, 2.75) is 6.18 Å². The number of alkyl halides is 3. The van der Waals surface area contributed by atoms with Crippen molar-refractivity contribution in [2.24, 2.45) is 0 Å². The number of para-hydroxylation sites is 1. The number of aromatic nitrogens is 1. The van der Waals surface area contributed by atoms with Crippen molar-refractivity contribution in [1.29, 1.82) is 0 Å². The van der Waals surface area contributed by atoms with Gasteiger partial charge < -0.3 is 9.80 Å². The van der Waals surface area contributed by atoms with E-state index >= 15 is 0 Å². The first-order valence-corrected chi connectivity index (χ1v) is 8.93. The van der Waals surface area contributed by atoms with Crippen LogP contribution in [0.5, 0.6) is 0 Å². The molecule has 1 aliphatic heterocycles. The fourth-order valence-corrected chi connectivity index (χ4v) is 3.53. The zero-order valence-corrected chi connectivity index (χ0v) is 15.0. The van der Waals surface area contributed by atoms with E-state index < -0.39 is 11.7 Å². The summed E-state index contributed by atoms with van der Waals surface area (Å²) in [6, 6.07) is 15.6. The predicted octanol–water partition coefficient (Wildman–Crippen LogP) is 4.67. The molecular weight excluding hydrogens is 351 g/mol. The average Bonchev–Trinajstić information content (AvgIpc) is 2.67. The largest absolute Gasteiger partial charge is 0.418 e. The van der Waals surface area contributed by atoms with Crippen LogP contribution in [-0.2, 0) is 6.18 Å². The lowest BCUT2D eigenvalue weighted by atomic mass is 10.0. The predicted molar refractivity (Wildman–Crippen MR) is 102 cm³/mol. The Hall–Kier alpha value is -2.60. The van der Waals surface area contributed by atoms with Gasteiger partial charge in [-0.1, -0.05) is 42.5 Å². The van der Waals surface area contributed by atoms with Gasteiger partial charge in [0.05, 0.1) is 16.8 Å². The van der Waals surface area contributed by atoms with E-state index in [2.05, 4.69) is 21.8 Å². The van der Waals surface area contributed by atoms with Crippen molar-refractivity contribution in [3.05, 3.63) is 60.2 Å². The summed E-state index contributed by atoms with van der Waals surface area (Å²) in [5, 5.41) is 0.550. The summed E-state index contributed by atoms with van der Waals surface area (Å²) in [4.78, 5) is 8.81. The van der Waals surface area contributed by atoms with Crippen LogP contribution < -0.4 is 4.90 Å². The summed E-state index contributed by atoms with van der Waals surface area (Å²) in [6.45, 7) is 3.31. The third-order valence-electron chi connectivity index (χ3n) is 5.04. The minimum Gasteiger partial charge on any atom is -0.368 e. The average molecular weight is 371 g/mol. The molecule has 0 saturated carbocycles. The first-order chi connectivity index (χ1) is 12.9. The van der Waals surface area contributed by atoms with Crippen molar-refractivity contribution in [3.8, 4) is 11.3 Å². The molecule has 0 N–H and O–H groups in total. The van der Waals surface area contributed by atoms with Crippen LogP contribution in [0, 0.1) is 0 Å². The zero-order chi connectivity index (χ0) is 19.0. The summed E-state index contributed by atoms with van der Waals surface area (Å²) in [7, 11) is 2.05. The molecule has 140 valence electrons. The Morgan fingerprint density at radius 3 is 2.26 bits per heavy atom. The Kier molecular flexibility index (Phi) is 4.52. The summed E-state index contributed by atoms with van der Waals surface area (Å²) in [6.07, 6.45) is -4.44. The van der Waals surface area contributed by atoms with Gasteiger partial charge in [0.15, 0.2) is 0 Å². The Morgan fingerprint density at radius 2 is 1.59 bits per heavy atom. The number of halogens is 3. The van der Waals surface area contributed by atoms with Gasteiger partial charge in [0.2, 0.25) is 0 Å². The number of benzene rings is 2. The van der Waals surface area contributed by atoms with Crippen LogP contribution in [0.25, 0.3) is 22.2 Å². The van der Waals surface area contributed by atoms with E-state index in [1.165, 1.54) is 6.07 Å². The van der Waals surface area contributed by atoms with Gasteiger partial charge in [-0.2, -0.15) is 13.2 Å². The molecule has 0 aliphatic carbocycles. The van der Waals surface area contributed by atoms with E-state index in [4.69, 9.17) is 0 Å². The molecule has 1 aliphatic rings. The number of likely N-dealkylation sites (N-methyl/N-ethyl adjacent to an activating group) is 1. The quantitative estimate of drug-likeness (QED) is 0.652. The Morgan fingerprint density at radius 1 is 0.889 bits per heavy atom. The molecule has 0 bridgehead atoms. The lowest BCUT2D eigenvalue weighted by molar-refractivity contribution is -0.136. The highest BCUT2D eigenvalue weighted by atomic mass is 19.4. The number of pyridine rings is 1. The Balaban J connectivity index is 1.95. The fraction of sp³-hybridized carbons (Fsp3) is 0.286. The van der Waals surface area contributed by atoms with Crippen LogP contribution in [0.1, 0.15) is 5.56 Å². The van der Waals surface area contributed by atoms with Crippen LogP contribution >= 0.6 is 0 Å². The molecule has 0 unspecified atom stereocenters. The number of nitrogens with zero attached hydrogens (tertiary/aromatic N) is 3. The molecule has 2 heterocycles. The molecule has 27 heavy (non-hydrogen) atoms. The van der Waals surface area contributed by atoms with Gasteiger partial charge in [0.1, 0.15) is 0 Å². The monoisotopic (exact) mass is 371 g/mol. The second-order valence-corrected chi connectivity index (χ2v) is 6.88. The van der Waals surface area contributed by atoms with E-state index in [0.717, 1.165) is 43.5 Å². The molecule has 4 rings (SSSR count). The van der Waals surface area contributed by atoms with Crippen LogP contribution in [0.15, 0.2) is 54.6 Å². The summed E-state index contributed by atoms with van der Waals surface area (Å²) >= 11 is 0. The Bertz CT molecular complexity index is 946. The molecule has 1 fully saturated rings. The van der Waals surface area contributed by atoms with E-state index in [1.807, 2.05) is 36.4 Å². The maximum absolute atomic E-state index is 13.6. The molecule has 6 heteroatoms. The number of anilines is 1. The number of piperazine rings is 1. The lowest BCUT2D eigenvalue weighted by Gasteiger charge is -2.35. The van der Waals surface area contributed by atoms with Gasteiger partial charge in [0.25, 0.3) is 0 Å². The third-order valence-corrected chi connectivity index (χ3v) is 5.04. The van der Waals surface area contributed by atoms with Gasteiger partial charge >= 0.3 is 6.18 Å². The summed E-state index contributed by atoms with van der Waals surface area (Å²) in [5.74, 6) is 0. The number of fused-ring (bicyclic) bond motifs is 1. The van der Waals surface area contributed by atoms with E-state index in [1.54, 1.807) is 6.07 Å². The Labute approximate surface area is 156 Å². The van der Waals surface area contributed by atoms with Crippen LogP contribution in [-0.4, -0.2) is 43.1 Å². The highest BCUT2D eigenvalue weighted by Crippen LogP contribution is 2.38. The number of rotatable bonds is 2. The van der Waals surface area contributed by atoms with E-state index in [-0.39, 0.29) is 5.52 Å². The normalized spacial score (nSPS) is 16.1. The summed E-state index contributed by atoms with van der Waals surface area (Å²) in [5.41, 5.74) is 1.52. The van der Waals surface area contributed by atoms with E-state index in [9.17, 15) is 13.2 Å². The molecule has 0 spiro atoms. The molecule has 0 atom stereocenters. The molecule has 2 aromatic carbocycles. The maximum Gasteiger partial charge on any atom is 0.418 e. The van der Waals surface area contributed by atoms with Crippen LogP contribution in [0.4, 0.5) is 18.9 Å². The van der Waals surface area contributed by atoms with Crippen molar-refractivity contribution in [2.75, 3.05) is 38.1 Å². The zero-order valence-electron chi connectivity index (χ0n) is 15.0. The van der Waals surface area contributed by atoms with E-state index in [0.29, 0.717) is 11.1 Å². The summed E-state index contributed by atoms with van der Waals surface area (Å²) < 4.78 is 40.9. The number of hydrogen-bond donors (Lipinski definition) is 0. The first-order valence-electron chi connectivity index (χ1n) is 8.93. The van der Waals surface area contributed by atoms with Gasteiger partial charge in [-0.15, -0.1) is 0 Å². The SMILES string of the molecule is CN1CCN(c2cc(-c3ccccc3)nc3c(C(F)(F)F)cccc23)CC1. The standard InChI is InChI=1S/C21H20F3N3/c1-26-10-12-27(13-11-26)19-14-18(15-6-3-2-4-7-15)25-20-16(19)8-5-9-17(20)21(22,23)24/h2-9,14H,10-13H2,1H3. The molecule has 1 saturated heterocycles. The minimum absolute atomic E-state index is 0.0141. The van der Waals surface area contributed by atoms with Crippen LogP contribution in [0.3, 0.4) is 0 Å². The smallest absolute Gasteiger partial charge is 0.368 e. The molecule has 0 radical (unpaired) electrons. The molecule has 3 aromatic rings. The van der Waals surface area contributed by atoms with Crippen molar-refractivity contribution in [1.82, 2.24) is 9.88 Å². The fourth-order valence-electron chi connectivity index (χ4n) is 3.53. The maximum atomic E-state index is 13.6.